The molecule has 1 fully saturated rings. The molecular weight excluding hydrogens is 296 g/mol. The van der Waals surface area contributed by atoms with E-state index in [-0.39, 0.29) is 11.7 Å². The number of carbonyl (C=O) groups excluding carboxylic acids is 2. The number of aromatic nitrogens is 1. The van der Waals surface area contributed by atoms with Crippen LogP contribution in [-0.2, 0) is 6.54 Å². The Morgan fingerprint density at radius 3 is 2.59 bits per heavy atom. The standard InChI is InChI=1S/C17H20N2O2S/c1-10-15(12(3)20)11(2)18-16(10)17(21)19(13-6-7-13)9-14-5-4-8-22-14/h4-5,8,13,18H,6-7,9H2,1-3H3. The van der Waals surface area contributed by atoms with Crippen molar-refractivity contribution in [3.05, 3.63) is 44.9 Å². The Morgan fingerprint density at radius 1 is 1.36 bits per heavy atom. The van der Waals surface area contributed by atoms with Gasteiger partial charge in [0.15, 0.2) is 5.78 Å². The lowest BCUT2D eigenvalue weighted by Crippen LogP contribution is -2.33. The highest BCUT2D eigenvalue weighted by molar-refractivity contribution is 7.09. The summed E-state index contributed by atoms with van der Waals surface area (Å²) in [5.74, 6) is 0.00512. The van der Waals surface area contributed by atoms with Crippen molar-refractivity contribution >= 4 is 23.0 Å². The number of aromatic amines is 1. The minimum absolute atomic E-state index is 0.00142. The number of aryl methyl sites for hydroxylation is 1. The first kappa shape index (κ1) is 15.0. The number of hydrogen-bond donors (Lipinski definition) is 1. The predicted octanol–water partition coefficient (Wildman–Crippen LogP) is 3.70. The van der Waals surface area contributed by atoms with E-state index in [0.717, 1.165) is 24.1 Å². The predicted molar refractivity (Wildman–Crippen MR) is 87.5 cm³/mol. The molecule has 0 bridgehead atoms. The third-order valence-corrected chi connectivity index (χ3v) is 5.02. The average Bonchev–Trinajstić information content (AvgIpc) is 3.08. The van der Waals surface area contributed by atoms with Gasteiger partial charge in [-0.15, -0.1) is 11.3 Å². The van der Waals surface area contributed by atoms with Crippen LogP contribution in [0, 0.1) is 13.8 Å². The maximum Gasteiger partial charge on any atom is 0.271 e. The summed E-state index contributed by atoms with van der Waals surface area (Å²) in [5.41, 5.74) is 2.76. The smallest absolute Gasteiger partial charge is 0.271 e. The monoisotopic (exact) mass is 316 g/mol. The Hall–Kier alpha value is -1.88. The number of carbonyl (C=O) groups is 2. The molecule has 0 aliphatic heterocycles. The maximum absolute atomic E-state index is 12.9. The van der Waals surface area contributed by atoms with E-state index in [9.17, 15) is 9.59 Å². The molecule has 0 unspecified atom stereocenters. The van der Waals surface area contributed by atoms with Gasteiger partial charge in [0.05, 0.1) is 6.54 Å². The van der Waals surface area contributed by atoms with Crippen molar-refractivity contribution in [1.82, 2.24) is 9.88 Å². The Labute approximate surface area is 134 Å². The molecule has 0 aromatic carbocycles. The van der Waals surface area contributed by atoms with E-state index in [4.69, 9.17) is 0 Å². The van der Waals surface area contributed by atoms with Crippen LogP contribution in [0.25, 0.3) is 0 Å². The molecule has 116 valence electrons. The highest BCUT2D eigenvalue weighted by Crippen LogP contribution is 2.31. The van der Waals surface area contributed by atoms with Crippen LogP contribution >= 0.6 is 11.3 Å². The van der Waals surface area contributed by atoms with Crippen molar-refractivity contribution < 1.29 is 9.59 Å². The van der Waals surface area contributed by atoms with Crippen LogP contribution in [-0.4, -0.2) is 27.6 Å². The van der Waals surface area contributed by atoms with E-state index >= 15 is 0 Å². The Kier molecular flexibility index (Phi) is 3.91. The number of Topliss-reactive ketones (excluding diaryl/α,β-unsaturated/α-hetero) is 1. The van der Waals surface area contributed by atoms with Crippen LogP contribution in [0.4, 0.5) is 0 Å². The molecule has 0 atom stereocenters. The Bertz CT molecular complexity index is 711. The lowest BCUT2D eigenvalue weighted by Gasteiger charge is -2.21. The summed E-state index contributed by atoms with van der Waals surface area (Å²) in [5, 5.41) is 2.03. The second kappa shape index (κ2) is 5.72. The van der Waals surface area contributed by atoms with E-state index in [1.807, 2.05) is 30.2 Å². The minimum atomic E-state index is 0.00142. The van der Waals surface area contributed by atoms with Crippen LogP contribution in [0.2, 0.25) is 0 Å². The number of nitrogens with zero attached hydrogens (tertiary/aromatic N) is 1. The summed E-state index contributed by atoms with van der Waals surface area (Å²) in [4.78, 5) is 31.0. The lowest BCUT2D eigenvalue weighted by atomic mass is 10.1. The van der Waals surface area contributed by atoms with Gasteiger partial charge in [0.2, 0.25) is 0 Å². The normalized spacial score (nSPS) is 14.1. The maximum atomic E-state index is 12.9. The summed E-state index contributed by atoms with van der Waals surface area (Å²) in [6.07, 6.45) is 2.13. The highest BCUT2D eigenvalue weighted by Gasteiger charge is 2.35. The summed E-state index contributed by atoms with van der Waals surface area (Å²) in [6.45, 7) is 5.89. The van der Waals surface area contributed by atoms with Crippen LogP contribution in [0.3, 0.4) is 0 Å². The molecule has 0 radical (unpaired) electrons. The largest absolute Gasteiger partial charge is 0.354 e. The van der Waals surface area contributed by atoms with Crippen LogP contribution in [0.15, 0.2) is 17.5 Å². The SMILES string of the molecule is CC(=O)c1c(C)[nH]c(C(=O)N(Cc2cccs2)C2CC2)c1C. The third kappa shape index (κ3) is 2.73. The molecular formula is C17H20N2O2S. The Morgan fingerprint density at radius 2 is 2.09 bits per heavy atom. The fourth-order valence-corrected chi connectivity index (χ4v) is 3.66. The Balaban J connectivity index is 1.91. The summed E-state index contributed by atoms with van der Waals surface area (Å²) in [7, 11) is 0. The van der Waals surface area contributed by atoms with Crippen LogP contribution < -0.4 is 0 Å². The van der Waals surface area contributed by atoms with Gasteiger partial charge < -0.3 is 9.88 Å². The van der Waals surface area contributed by atoms with Gasteiger partial charge in [0.1, 0.15) is 5.69 Å². The van der Waals surface area contributed by atoms with Gasteiger partial charge in [-0.2, -0.15) is 0 Å². The number of nitrogens with one attached hydrogen (secondary N) is 1. The van der Waals surface area contributed by atoms with Crippen molar-refractivity contribution in [1.29, 1.82) is 0 Å². The van der Waals surface area contributed by atoms with Gasteiger partial charge in [-0.05, 0) is 50.6 Å². The van der Waals surface area contributed by atoms with Crippen molar-refractivity contribution in [2.75, 3.05) is 0 Å². The van der Waals surface area contributed by atoms with Crippen LogP contribution in [0.1, 0.15) is 56.7 Å². The zero-order chi connectivity index (χ0) is 15.9. The van der Waals surface area contributed by atoms with Gasteiger partial charge in [0.25, 0.3) is 5.91 Å². The molecule has 3 rings (SSSR count). The molecule has 22 heavy (non-hydrogen) atoms. The first-order valence-corrected chi connectivity index (χ1v) is 8.40. The lowest BCUT2D eigenvalue weighted by molar-refractivity contribution is 0.0725. The number of amides is 1. The molecule has 1 aliphatic rings. The van der Waals surface area contributed by atoms with Crippen LogP contribution in [0.5, 0.6) is 0 Å². The van der Waals surface area contributed by atoms with Crippen molar-refractivity contribution in [3.63, 3.8) is 0 Å². The topological polar surface area (TPSA) is 53.2 Å². The molecule has 2 aromatic rings. The molecule has 1 amide bonds. The van der Waals surface area contributed by atoms with Gasteiger partial charge in [-0.25, -0.2) is 0 Å². The number of rotatable bonds is 5. The summed E-state index contributed by atoms with van der Waals surface area (Å²) >= 11 is 1.67. The number of thiophene rings is 1. The zero-order valence-corrected chi connectivity index (χ0v) is 13.9. The summed E-state index contributed by atoms with van der Waals surface area (Å²) < 4.78 is 0. The van der Waals surface area contributed by atoms with E-state index in [1.54, 1.807) is 18.3 Å². The second-order valence-corrected chi connectivity index (χ2v) is 6.96. The molecule has 0 spiro atoms. The molecule has 2 aromatic heterocycles. The van der Waals surface area contributed by atoms with Crippen molar-refractivity contribution in [2.45, 2.75) is 46.2 Å². The molecule has 0 saturated heterocycles. The van der Waals surface area contributed by atoms with E-state index in [0.29, 0.717) is 23.8 Å². The van der Waals surface area contributed by atoms with E-state index in [1.165, 1.54) is 4.88 Å². The molecule has 1 N–H and O–H groups in total. The van der Waals surface area contributed by atoms with Crippen molar-refractivity contribution in [3.8, 4) is 0 Å². The molecule has 1 saturated carbocycles. The quantitative estimate of drug-likeness (QED) is 0.855. The molecule has 4 nitrogen and oxygen atoms in total. The fourth-order valence-electron chi connectivity index (χ4n) is 2.96. The van der Waals surface area contributed by atoms with E-state index in [2.05, 4.69) is 11.1 Å². The fraction of sp³-hybridized carbons (Fsp3) is 0.412. The first-order chi connectivity index (χ1) is 10.5. The minimum Gasteiger partial charge on any atom is -0.354 e. The van der Waals surface area contributed by atoms with Gasteiger partial charge in [-0.3, -0.25) is 9.59 Å². The molecule has 1 aliphatic carbocycles. The first-order valence-electron chi connectivity index (χ1n) is 7.52. The van der Waals surface area contributed by atoms with E-state index < -0.39 is 0 Å². The number of H-pyrrole nitrogens is 1. The number of ketones is 1. The van der Waals surface area contributed by atoms with Gasteiger partial charge in [-0.1, -0.05) is 6.07 Å². The highest BCUT2D eigenvalue weighted by atomic mass is 32.1. The second-order valence-electron chi connectivity index (χ2n) is 5.92. The van der Waals surface area contributed by atoms with Crippen molar-refractivity contribution in [2.24, 2.45) is 0 Å². The van der Waals surface area contributed by atoms with Gasteiger partial charge >= 0.3 is 0 Å². The molecule has 2 heterocycles. The molecule has 5 heteroatoms. The average molecular weight is 316 g/mol. The third-order valence-electron chi connectivity index (χ3n) is 4.16. The summed E-state index contributed by atoms with van der Waals surface area (Å²) in [6, 6.07) is 4.40. The number of hydrogen-bond acceptors (Lipinski definition) is 3. The van der Waals surface area contributed by atoms with Gasteiger partial charge in [0, 0.05) is 22.2 Å². The zero-order valence-electron chi connectivity index (χ0n) is 13.1.